The lowest BCUT2D eigenvalue weighted by Gasteiger charge is -2.05. The van der Waals surface area contributed by atoms with Gasteiger partial charge in [0.25, 0.3) is 0 Å². The molecule has 1 aromatic carbocycles. The summed E-state index contributed by atoms with van der Waals surface area (Å²) in [6.45, 7) is 0.486. The van der Waals surface area contributed by atoms with Crippen molar-refractivity contribution in [1.29, 1.82) is 0 Å². The molecule has 4 rings (SSSR count). The molecule has 1 aliphatic rings. The van der Waals surface area contributed by atoms with Crippen LogP contribution in [0.2, 0.25) is 0 Å². The van der Waals surface area contributed by atoms with Gasteiger partial charge < -0.3 is 23.2 Å². The molecule has 9 heteroatoms. The van der Waals surface area contributed by atoms with Crippen molar-refractivity contribution < 1.29 is 28.2 Å². The highest BCUT2D eigenvalue weighted by atomic mass is 32.1. The summed E-state index contributed by atoms with van der Waals surface area (Å²) in [6.07, 6.45) is 1.57. The molecule has 2 aromatic heterocycles. The van der Waals surface area contributed by atoms with Gasteiger partial charge in [-0.2, -0.15) is 4.99 Å². The maximum absolute atomic E-state index is 12.3. The second-order valence-corrected chi connectivity index (χ2v) is 6.44. The third-order valence-electron chi connectivity index (χ3n) is 3.87. The van der Waals surface area contributed by atoms with Crippen molar-refractivity contribution in [3.05, 3.63) is 41.1 Å². The predicted molar refractivity (Wildman–Crippen MR) is 91.2 cm³/mol. The Balaban J connectivity index is 1.82. The van der Waals surface area contributed by atoms with E-state index in [9.17, 15) is 9.59 Å². The number of hydrogen-bond donors (Lipinski definition) is 0. The van der Waals surface area contributed by atoms with Crippen molar-refractivity contribution in [2.75, 3.05) is 13.9 Å². The first-order chi connectivity index (χ1) is 12.7. The molecular weight excluding hydrogens is 360 g/mol. The van der Waals surface area contributed by atoms with Gasteiger partial charge in [0, 0.05) is 18.7 Å². The summed E-state index contributed by atoms with van der Waals surface area (Å²) in [5, 5.41) is 0. The molecule has 3 heterocycles. The van der Waals surface area contributed by atoms with E-state index in [-0.39, 0.29) is 24.9 Å². The molecule has 0 N–H and O–H groups in total. The van der Waals surface area contributed by atoms with Crippen molar-refractivity contribution in [2.45, 2.75) is 13.0 Å². The quantitative estimate of drug-likeness (QED) is 0.651. The fourth-order valence-electron chi connectivity index (χ4n) is 2.61. The number of furan rings is 1. The molecule has 1 aliphatic heterocycles. The lowest BCUT2D eigenvalue weighted by Crippen LogP contribution is -2.19. The van der Waals surface area contributed by atoms with Crippen LogP contribution in [-0.4, -0.2) is 30.3 Å². The molecule has 0 spiro atoms. The minimum Gasteiger partial charge on any atom is -0.469 e. The number of amides is 1. The van der Waals surface area contributed by atoms with E-state index in [4.69, 9.17) is 18.6 Å². The molecular formula is C17H14N2O6S. The van der Waals surface area contributed by atoms with E-state index < -0.39 is 5.91 Å². The first kappa shape index (κ1) is 16.4. The first-order valence-corrected chi connectivity index (χ1v) is 8.60. The number of aromatic nitrogens is 1. The molecule has 0 fully saturated rings. The molecule has 0 unspecified atom stereocenters. The highest BCUT2D eigenvalue weighted by molar-refractivity contribution is 7.16. The maximum atomic E-state index is 12.3. The number of fused-ring (bicyclic) bond motifs is 2. The van der Waals surface area contributed by atoms with E-state index in [2.05, 4.69) is 4.99 Å². The van der Waals surface area contributed by atoms with Crippen LogP contribution in [0.25, 0.3) is 10.2 Å². The average Bonchev–Trinajstić information content (AvgIpc) is 3.37. The number of thiazole rings is 1. The van der Waals surface area contributed by atoms with Crippen LogP contribution in [0.3, 0.4) is 0 Å². The Morgan fingerprint density at radius 2 is 2.12 bits per heavy atom. The minimum atomic E-state index is -0.492. The second-order valence-electron chi connectivity index (χ2n) is 5.43. The summed E-state index contributed by atoms with van der Waals surface area (Å²) in [7, 11) is 1.34. The predicted octanol–water partition coefficient (Wildman–Crippen LogP) is 2.33. The number of rotatable bonds is 4. The van der Waals surface area contributed by atoms with Gasteiger partial charge in [-0.25, -0.2) is 0 Å². The molecule has 1 amide bonds. The van der Waals surface area contributed by atoms with Crippen molar-refractivity contribution in [2.24, 2.45) is 4.99 Å². The fourth-order valence-corrected chi connectivity index (χ4v) is 3.67. The number of aryl methyl sites for hydroxylation is 1. The van der Waals surface area contributed by atoms with Gasteiger partial charge in [-0.05, 0) is 12.1 Å². The van der Waals surface area contributed by atoms with Gasteiger partial charge >= 0.3 is 11.9 Å². The van der Waals surface area contributed by atoms with Gasteiger partial charge in [0.2, 0.25) is 6.79 Å². The lowest BCUT2D eigenvalue weighted by atomic mass is 10.3. The number of hydrogen-bond acceptors (Lipinski definition) is 7. The van der Waals surface area contributed by atoms with Gasteiger partial charge in [-0.3, -0.25) is 9.59 Å². The Kier molecular flexibility index (Phi) is 4.21. The van der Waals surface area contributed by atoms with Gasteiger partial charge in [-0.15, -0.1) is 0 Å². The Morgan fingerprint density at radius 3 is 2.85 bits per heavy atom. The molecule has 0 aliphatic carbocycles. The topological polar surface area (TPSA) is 92.3 Å². The number of carbonyl (C=O) groups is 2. The SMILES string of the molecule is COC(=O)CCn1c(=NC(=O)c2ccco2)sc2cc3c(cc21)OCO3. The third-order valence-corrected chi connectivity index (χ3v) is 4.91. The van der Waals surface area contributed by atoms with E-state index >= 15 is 0 Å². The van der Waals surface area contributed by atoms with Gasteiger partial charge in [0.1, 0.15) is 0 Å². The highest BCUT2D eigenvalue weighted by Crippen LogP contribution is 2.37. The largest absolute Gasteiger partial charge is 0.469 e. The summed E-state index contributed by atoms with van der Waals surface area (Å²) in [4.78, 5) is 28.5. The molecule has 0 radical (unpaired) electrons. The van der Waals surface area contributed by atoms with E-state index in [1.54, 1.807) is 16.7 Å². The van der Waals surface area contributed by atoms with Crippen LogP contribution in [0.1, 0.15) is 17.0 Å². The first-order valence-electron chi connectivity index (χ1n) is 7.78. The summed E-state index contributed by atoms with van der Waals surface area (Å²) in [5.74, 6) is 0.569. The van der Waals surface area contributed by atoms with Gasteiger partial charge in [0.15, 0.2) is 22.1 Å². The van der Waals surface area contributed by atoms with Gasteiger partial charge in [-0.1, -0.05) is 11.3 Å². The number of ether oxygens (including phenoxy) is 3. The van der Waals surface area contributed by atoms with E-state index in [1.165, 1.54) is 24.7 Å². The summed E-state index contributed by atoms with van der Waals surface area (Å²) >= 11 is 1.32. The Hall–Kier alpha value is -3.07. The van der Waals surface area contributed by atoms with Crippen molar-refractivity contribution in [3.63, 3.8) is 0 Å². The van der Waals surface area contributed by atoms with Gasteiger partial charge in [0.05, 0.1) is 30.0 Å². The zero-order valence-electron chi connectivity index (χ0n) is 13.8. The second kappa shape index (κ2) is 6.68. The third kappa shape index (κ3) is 2.97. The standard InChI is InChI=1S/C17H14N2O6S/c1-22-15(20)4-5-19-10-7-12-13(25-9-24-12)8-14(10)26-17(19)18-16(21)11-3-2-6-23-11/h2-3,6-8H,4-5,9H2,1H3. The van der Waals surface area contributed by atoms with Crippen molar-refractivity contribution in [1.82, 2.24) is 4.57 Å². The molecule has 134 valence electrons. The zero-order chi connectivity index (χ0) is 18.1. The molecule has 0 bridgehead atoms. The van der Waals surface area contributed by atoms with Crippen LogP contribution < -0.4 is 14.3 Å². The monoisotopic (exact) mass is 374 g/mol. The molecule has 8 nitrogen and oxygen atoms in total. The molecule has 0 saturated carbocycles. The normalized spacial score (nSPS) is 13.3. The summed E-state index contributed by atoms with van der Waals surface area (Å²) < 4.78 is 23.3. The van der Waals surface area contributed by atoms with Crippen LogP contribution in [0, 0.1) is 0 Å². The van der Waals surface area contributed by atoms with E-state index in [0.717, 1.165) is 10.2 Å². The number of esters is 1. The van der Waals surface area contributed by atoms with Crippen LogP contribution >= 0.6 is 11.3 Å². The van der Waals surface area contributed by atoms with Crippen LogP contribution in [0.4, 0.5) is 0 Å². The van der Waals surface area contributed by atoms with Crippen molar-refractivity contribution >= 4 is 33.4 Å². The van der Waals surface area contributed by atoms with Crippen LogP contribution in [0.5, 0.6) is 11.5 Å². The van der Waals surface area contributed by atoms with E-state index in [0.29, 0.717) is 22.8 Å². The molecule has 0 atom stereocenters. The average molecular weight is 374 g/mol. The smallest absolute Gasteiger partial charge is 0.315 e. The van der Waals surface area contributed by atoms with Crippen LogP contribution in [-0.2, 0) is 16.1 Å². The van der Waals surface area contributed by atoms with Crippen LogP contribution in [0.15, 0.2) is 39.9 Å². The number of carbonyl (C=O) groups excluding carboxylic acids is 2. The minimum absolute atomic E-state index is 0.149. The molecule has 0 saturated heterocycles. The maximum Gasteiger partial charge on any atom is 0.315 e. The Bertz CT molecular complexity index is 1050. The zero-order valence-corrected chi connectivity index (χ0v) is 14.6. The number of methoxy groups -OCH3 is 1. The number of benzene rings is 1. The summed E-state index contributed by atoms with van der Waals surface area (Å²) in [6, 6.07) is 6.83. The Labute approximate surface area is 151 Å². The molecule has 26 heavy (non-hydrogen) atoms. The summed E-state index contributed by atoms with van der Waals surface area (Å²) in [5.41, 5.74) is 0.800. The number of nitrogens with zero attached hydrogens (tertiary/aromatic N) is 2. The fraction of sp³-hybridized carbons (Fsp3) is 0.235. The lowest BCUT2D eigenvalue weighted by molar-refractivity contribution is -0.140. The molecule has 3 aromatic rings. The highest BCUT2D eigenvalue weighted by Gasteiger charge is 2.19. The van der Waals surface area contributed by atoms with E-state index in [1.807, 2.05) is 12.1 Å². The van der Waals surface area contributed by atoms with Crippen molar-refractivity contribution in [3.8, 4) is 11.5 Å². The Morgan fingerprint density at radius 1 is 1.31 bits per heavy atom.